The van der Waals surface area contributed by atoms with Crippen molar-refractivity contribution in [1.29, 1.82) is 0 Å². The summed E-state index contributed by atoms with van der Waals surface area (Å²) in [6.07, 6.45) is 2.06. The molecule has 0 amide bonds. The van der Waals surface area contributed by atoms with Crippen LogP contribution in [0.25, 0.3) is 21.5 Å². The third-order valence-corrected chi connectivity index (χ3v) is 40.6. The van der Waals surface area contributed by atoms with Gasteiger partial charge in [-0.3, -0.25) is 4.79 Å². The Kier molecular flexibility index (Phi) is 26.0. The van der Waals surface area contributed by atoms with Gasteiger partial charge in [0.1, 0.15) is 0 Å². The van der Waals surface area contributed by atoms with Gasteiger partial charge in [0.15, 0.2) is 0 Å². The molecule has 6 aliphatic heterocycles. The van der Waals surface area contributed by atoms with Crippen molar-refractivity contribution in [1.82, 2.24) is 8.47 Å². The average Bonchev–Trinajstić information content (AvgIpc) is 1.28. The van der Waals surface area contributed by atoms with E-state index in [0.29, 0.717) is 89.1 Å². The number of aliphatic imine (C=N–C) groups is 2. The van der Waals surface area contributed by atoms with E-state index in [-0.39, 0.29) is 190 Å². The van der Waals surface area contributed by atoms with E-state index in [1.54, 1.807) is 0 Å². The number of quaternary nitrogens is 2. The molecule has 28 nitrogen and oxygen atoms in total. The smallest absolute Gasteiger partial charge is 0.469 e. The van der Waals surface area contributed by atoms with Gasteiger partial charge in [-0.2, -0.15) is 0 Å². The van der Waals surface area contributed by atoms with E-state index in [4.69, 9.17) is 34.2 Å². The third kappa shape index (κ3) is 15.9. The van der Waals surface area contributed by atoms with Gasteiger partial charge in [0.05, 0.1) is 20.1 Å². The Bertz CT molecular complexity index is 4850. The minimum Gasteiger partial charge on any atom is -0.469 e. The van der Waals surface area contributed by atoms with E-state index < -0.39 is 93.8 Å². The molecule has 0 saturated carbocycles. The van der Waals surface area contributed by atoms with Crippen LogP contribution in [0, 0.1) is 0 Å². The molecule has 0 aliphatic carbocycles. The van der Waals surface area contributed by atoms with Crippen molar-refractivity contribution in [2.24, 2.45) is 20.0 Å². The number of carbonyl (C=O) groups excluding carboxylic acids is 1. The summed E-state index contributed by atoms with van der Waals surface area (Å²) in [5, 5.41) is 2.99. The zero-order valence-electron chi connectivity index (χ0n) is 60.8. The topological polar surface area (TPSA) is 357 Å². The van der Waals surface area contributed by atoms with E-state index in [2.05, 4.69) is 50.1 Å². The Morgan fingerprint density at radius 3 is 1.19 bits per heavy atom. The first-order valence-corrected chi connectivity index (χ1v) is 49.7. The zero-order chi connectivity index (χ0) is 72.3. The van der Waals surface area contributed by atoms with Crippen molar-refractivity contribution in [3.05, 3.63) is 130 Å². The standard InChI is InChI=1S/C66H90N10O18S4Si3.3Na/c1-7-8-32-76(36-20-47-98(87,88)89,39-41-92-43-42-91-40-31-58(77)90-2)38-22-49-100(5,6)94-101(93-99(3,4)48-21-37-75(33-17-44-95(78,79)80,34-18-45-96(81,82)83)35-19-46-97(84,85)86)71-59-50-23-9-10-24-51(50)60(71)68-62-54-27-13-14-28-55(54)64(73(62)101)70-66-57-30-16-15-29-56(57)65(74(66)101)69-63-53-26-12-11-25-52(53)61(67-59)72(63)101;;;/h9-16,23-30H,7-8,17-22,31-49H2,1-6H3,(H2-2,78,79,80,81,82,83,84,85,86,87,88,89);;;/q;3*+1/p-2. The third-order valence-electron chi connectivity index (χ3n) is 20.8. The minimum atomic E-state index is -7.40. The molecule has 104 heavy (non-hydrogen) atoms. The molecule has 548 valence electrons. The fourth-order valence-corrected chi connectivity index (χ4v) is 41.1. The van der Waals surface area contributed by atoms with Crippen LogP contribution in [0.2, 0.25) is 38.3 Å². The van der Waals surface area contributed by atoms with Gasteiger partial charge in [-0.25, -0.2) is 0 Å². The summed E-state index contributed by atoms with van der Waals surface area (Å²) in [5.41, 5.74) is 3.98. The Morgan fingerprint density at radius 1 is 0.462 bits per heavy atom. The van der Waals surface area contributed by atoms with Crippen LogP contribution in [0.1, 0.15) is 87.0 Å². The first-order chi connectivity index (χ1) is 47.7. The van der Waals surface area contributed by atoms with Crippen LogP contribution in [0.4, 0.5) is 11.6 Å². The van der Waals surface area contributed by atoms with Gasteiger partial charge in [0, 0.05) is 0 Å². The normalized spacial score (nSPS) is 17.6. The number of unbranched alkanes of at least 4 members (excludes halogenated alkanes) is 1. The summed E-state index contributed by atoms with van der Waals surface area (Å²) in [7, 11) is -32.4. The molecule has 1 spiro atoms. The fourth-order valence-electron chi connectivity index (χ4n) is 16.9. The van der Waals surface area contributed by atoms with E-state index in [1.807, 2.05) is 97.1 Å². The molecular weight excluding hydrogens is 1500 g/mol. The molecule has 38 heteroatoms. The van der Waals surface area contributed by atoms with Crippen molar-refractivity contribution in [2.45, 2.75) is 103 Å². The number of aromatic nitrogens is 2. The van der Waals surface area contributed by atoms with Crippen molar-refractivity contribution in [3.8, 4) is 0 Å². The summed E-state index contributed by atoms with van der Waals surface area (Å²) >= 11 is 0. The second-order valence-corrected chi connectivity index (χ2v) is 49.1. The predicted octanol–water partition coefficient (Wildman–Crippen LogP) is -3.67. The number of fused-ring (bicyclic) bond motifs is 12. The van der Waals surface area contributed by atoms with Gasteiger partial charge >= 0.3 is 654 Å². The molecule has 0 fully saturated rings. The van der Waals surface area contributed by atoms with Crippen LogP contribution in [0.5, 0.6) is 0 Å². The molecule has 0 saturated heterocycles. The first-order valence-electron chi connectivity index (χ1n) is 34.5. The number of esters is 1. The number of nitrogens with zero attached hydrogens (tertiary/aromatic N) is 10. The molecular formula is C66H88N10Na3O18S4Si3+. The van der Waals surface area contributed by atoms with Gasteiger partial charge in [-0.15, -0.1) is 0 Å². The minimum absolute atomic E-state index is 0. The van der Waals surface area contributed by atoms with Gasteiger partial charge in [-0.1, -0.05) is 0 Å². The van der Waals surface area contributed by atoms with Crippen LogP contribution in [0.15, 0.2) is 117 Å². The van der Waals surface area contributed by atoms with Crippen LogP contribution >= 0.6 is 0 Å². The van der Waals surface area contributed by atoms with Crippen molar-refractivity contribution in [3.63, 3.8) is 0 Å². The van der Waals surface area contributed by atoms with E-state index >= 15 is 0 Å². The zero-order valence-corrected chi connectivity index (χ0v) is 73.0. The Hall–Kier alpha value is -3.24. The van der Waals surface area contributed by atoms with E-state index in [9.17, 15) is 64.9 Å². The Morgan fingerprint density at radius 2 is 0.808 bits per heavy atom. The quantitative estimate of drug-likeness (QED) is 0.0118. The van der Waals surface area contributed by atoms with E-state index in [1.165, 1.54) is 7.11 Å². The number of amidine groups is 4. The van der Waals surface area contributed by atoms with Crippen LogP contribution < -0.4 is 99.6 Å². The van der Waals surface area contributed by atoms with Crippen LogP contribution in [-0.2, 0) is 67.7 Å². The molecule has 0 bridgehead atoms. The summed E-state index contributed by atoms with van der Waals surface area (Å²) in [5.74, 6) is -0.276. The number of carbonyl (C=O) groups is 1. The molecule has 12 rings (SSSR count). The van der Waals surface area contributed by atoms with Gasteiger partial charge in [-0.05, 0) is 0 Å². The molecule has 2 aromatic heterocycles. The van der Waals surface area contributed by atoms with Gasteiger partial charge in [0.2, 0.25) is 0 Å². The summed E-state index contributed by atoms with van der Waals surface area (Å²) in [4.78, 5) is 35.1. The Balaban J connectivity index is 0.00000418. The molecule has 1 atom stereocenters. The maximum absolute atomic E-state index is 12.4. The molecule has 6 aliphatic rings. The van der Waals surface area contributed by atoms with Crippen molar-refractivity contribution < 1.29 is 185 Å². The van der Waals surface area contributed by atoms with Crippen LogP contribution in [0.3, 0.4) is 0 Å². The molecule has 0 radical (unpaired) electrons. The van der Waals surface area contributed by atoms with Crippen LogP contribution in [-0.4, -0.2) is 240 Å². The number of rotatable bonds is 40. The summed E-state index contributed by atoms with van der Waals surface area (Å²) in [6, 6.07) is 32.6. The number of ether oxygens (including phenoxy) is 3. The maximum atomic E-state index is 12.4. The second-order valence-electron chi connectivity index (χ2n) is 28.7. The number of hydrogen-bond donors (Lipinski definition) is 0. The van der Waals surface area contributed by atoms with Gasteiger partial charge in [0.25, 0.3) is 0 Å². The van der Waals surface area contributed by atoms with Crippen molar-refractivity contribution >= 4 is 127 Å². The number of hydrogen-bond acceptors (Lipinski definition) is 22. The number of methoxy groups -OCH3 is 1. The Labute approximate surface area is 676 Å². The molecule has 0 N–H and O–H groups in total. The monoisotopic (exact) mass is 1590 g/mol. The molecule has 4 aromatic carbocycles. The molecule has 6 aromatic rings. The number of benzene rings is 4. The molecule has 1 unspecified atom stereocenters. The fraction of sp³-hybridized carbons (Fsp3) is 0.500. The molecule has 8 heterocycles. The first kappa shape index (κ1) is 84.8. The second kappa shape index (κ2) is 31.9. The average molecular weight is 1590 g/mol. The predicted molar refractivity (Wildman–Crippen MR) is 382 cm³/mol. The van der Waals surface area contributed by atoms with Gasteiger partial charge < -0.3 is 4.74 Å². The van der Waals surface area contributed by atoms with E-state index in [0.717, 1.165) is 56.6 Å². The summed E-state index contributed by atoms with van der Waals surface area (Å²) < 4.78 is 192. The summed E-state index contributed by atoms with van der Waals surface area (Å²) in [6.45, 7) is 13.7. The van der Waals surface area contributed by atoms with Crippen molar-refractivity contribution in [2.75, 3.05) is 109 Å². The SMILES string of the molecule is CCCC[N+](CCC[Si](C)(C)O[Si-2]123(O[Si](C)(C)CCC[N+](CCCS(=O)(=O)[O-])(CCCS(=O)(=O)[O-])CCCS(=O)(=O)[O-])n4c5c6ccccc6c4N=C4c6ccccc6C(=[N+]41)N=c1c4ccccc4c(n12)=NC1=[N+]3C(=N5)c2ccccc21)(CCCS(=O)(=O)[O-])CCOCCOCCC(=O)OC.[Na+].[Na+].[Na+].